The monoisotopic (exact) mass is 358 g/mol. The van der Waals surface area contributed by atoms with E-state index in [0.717, 1.165) is 44.3 Å². The van der Waals surface area contributed by atoms with E-state index < -0.39 is 0 Å². The van der Waals surface area contributed by atoms with Gasteiger partial charge in [-0.1, -0.05) is 54.1 Å². The Morgan fingerprint density at radius 3 is 2.67 bits per heavy atom. The molecule has 1 fully saturated rings. The van der Waals surface area contributed by atoms with Gasteiger partial charge in [0.05, 0.1) is 6.04 Å². The number of fused-ring (bicyclic) bond motifs is 3. The topological polar surface area (TPSA) is 23.6 Å². The van der Waals surface area contributed by atoms with Gasteiger partial charge in [-0.15, -0.1) is 0 Å². The number of urea groups is 1. The van der Waals surface area contributed by atoms with Crippen LogP contribution in [-0.2, 0) is 6.42 Å². The Hall–Kier alpha value is -2.55. The third kappa shape index (κ3) is 2.86. The third-order valence-electron chi connectivity index (χ3n) is 6.38. The van der Waals surface area contributed by atoms with Gasteiger partial charge >= 0.3 is 6.03 Å². The lowest BCUT2D eigenvalue weighted by molar-refractivity contribution is 0.186. The van der Waals surface area contributed by atoms with Crippen molar-refractivity contribution in [3.05, 3.63) is 71.3 Å². The molecule has 0 N–H and O–H groups in total. The van der Waals surface area contributed by atoms with Gasteiger partial charge in [-0.25, -0.2) is 4.79 Å². The van der Waals surface area contributed by atoms with E-state index in [-0.39, 0.29) is 12.1 Å². The number of amides is 2. The van der Waals surface area contributed by atoms with E-state index in [0.29, 0.717) is 6.04 Å². The highest BCUT2D eigenvalue weighted by Gasteiger charge is 2.42. The van der Waals surface area contributed by atoms with Gasteiger partial charge in [0.15, 0.2) is 0 Å². The number of carbonyl (C=O) groups excluding carboxylic acids is 1. The van der Waals surface area contributed by atoms with Gasteiger partial charge < -0.3 is 4.90 Å². The molecule has 3 nitrogen and oxygen atoms in total. The lowest BCUT2D eigenvalue weighted by Gasteiger charge is -2.39. The maximum Gasteiger partial charge on any atom is 0.325 e. The van der Waals surface area contributed by atoms with E-state index in [9.17, 15) is 4.79 Å². The highest BCUT2D eigenvalue weighted by molar-refractivity contribution is 5.94. The Kier molecular flexibility index (Phi) is 4.04. The number of benzene rings is 2. The number of carbonyl (C=O) groups is 1. The van der Waals surface area contributed by atoms with Crippen molar-refractivity contribution in [3.8, 4) is 0 Å². The van der Waals surface area contributed by atoms with Crippen molar-refractivity contribution in [2.24, 2.45) is 0 Å². The fraction of sp³-hybridized carbons (Fsp3) is 0.375. The largest absolute Gasteiger partial charge is 0.325 e. The van der Waals surface area contributed by atoms with Crippen LogP contribution in [0.15, 0.2) is 54.6 Å². The SMILES string of the molecule is Cc1ccc(C2=CC3CCC(C2)N3C(=O)N2CCCc3ccccc32)cc1. The first-order chi connectivity index (χ1) is 13.2. The molecule has 2 aromatic carbocycles. The van der Waals surface area contributed by atoms with Crippen molar-refractivity contribution < 1.29 is 4.79 Å². The second-order valence-electron chi connectivity index (χ2n) is 8.13. The summed E-state index contributed by atoms with van der Waals surface area (Å²) >= 11 is 0. The van der Waals surface area contributed by atoms with E-state index in [4.69, 9.17) is 0 Å². The van der Waals surface area contributed by atoms with Crippen LogP contribution in [0.3, 0.4) is 0 Å². The molecular weight excluding hydrogens is 332 g/mol. The second-order valence-corrected chi connectivity index (χ2v) is 8.13. The lowest BCUT2D eigenvalue weighted by atomic mass is 9.94. The molecule has 2 aromatic rings. The van der Waals surface area contributed by atoms with Crippen LogP contribution < -0.4 is 4.90 Å². The number of nitrogens with zero attached hydrogens (tertiary/aromatic N) is 2. The summed E-state index contributed by atoms with van der Waals surface area (Å²) in [6, 6.07) is 18.0. The highest BCUT2D eigenvalue weighted by Crippen LogP contribution is 2.40. The predicted molar refractivity (Wildman–Crippen MR) is 110 cm³/mol. The molecule has 138 valence electrons. The Bertz CT molecular complexity index is 899. The number of hydrogen-bond donors (Lipinski definition) is 0. The van der Waals surface area contributed by atoms with Crippen LogP contribution in [0, 0.1) is 6.92 Å². The summed E-state index contributed by atoms with van der Waals surface area (Å²) in [5.74, 6) is 0. The van der Waals surface area contributed by atoms with Gasteiger partial charge in [-0.2, -0.15) is 0 Å². The van der Waals surface area contributed by atoms with Crippen molar-refractivity contribution in [2.45, 2.75) is 51.1 Å². The smallest absolute Gasteiger partial charge is 0.315 e. The van der Waals surface area contributed by atoms with Crippen LogP contribution in [0.2, 0.25) is 0 Å². The van der Waals surface area contributed by atoms with Crippen molar-refractivity contribution in [3.63, 3.8) is 0 Å². The van der Waals surface area contributed by atoms with Crippen molar-refractivity contribution >= 4 is 17.3 Å². The number of aryl methyl sites for hydroxylation is 2. The average molecular weight is 358 g/mol. The summed E-state index contributed by atoms with van der Waals surface area (Å²) in [7, 11) is 0. The summed E-state index contributed by atoms with van der Waals surface area (Å²) in [5.41, 5.74) is 6.43. The fourth-order valence-electron chi connectivity index (χ4n) is 4.98. The standard InChI is InChI=1S/C24H26N2O/c1-17-8-10-18(11-9-17)20-15-21-12-13-22(16-20)26(21)24(27)25-14-4-6-19-5-2-3-7-23(19)25/h2-3,5,7-11,15,21-22H,4,6,12-14,16H2,1H3. The van der Waals surface area contributed by atoms with Crippen LogP contribution >= 0.6 is 0 Å². The minimum Gasteiger partial charge on any atom is -0.315 e. The van der Waals surface area contributed by atoms with Crippen LogP contribution in [0.5, 0.6) is 0 Å². The van der Waals surface area contributed by atoms with Gasteiger partial charge in [0.1, 0.15) is 0 Å². The zero-order chi connectivity index (χ0) is 18.4. The molecule has 27 heavy (non-hydrogen) atoms. The Labute approximate surface area is 161 Å². The second kappa shape index (κ2) is 6.56. The first-order valence-electron chi connectivity index (χ1n) is 10.2. The molecule has 2 atom stereocenters. The quantitative estimate of drug-likeness (QED) is 0.688. The molecule has 3 heteroatoms. The summed E-state index contributed by atoms with van der Waals surface area (Å²) in [4.78, 5) is 17.7. The summed E-state index contributed by atoms with van der Waals surface area (Å²) < 4.78 is 0. The Morgan fingerprint density at radius 1 is 1.04 bits per heavy atom. The van der Waals surface area contributed by atoms with Gasteiger partial charge in [0.25, 0.3) is 0 Å². The molecule has 3 aliphatic heterocycles. The maximum absolute atomic E-state index is 13.5. The summed E-state index contributed by atoms with van der Waals surface area (Å²) in [5, 5.41) is 0. The number of anilines is 1. The zero-order valence-corrected chi connectivity index (χ0v) is 15.9. The minimum atomic E-state index is 0.203. The van der Waals surface area contributed by atoms with Crippen LogP contribution in [0.1, 0.15) is 42.4 Å². The molecule has 0 saturated carbocycles. The highest BCUT2D eigenvalue weighted by atomic mass is 16.2. The lowest BCUT2D eigenvalue weighted by Crippen LogP contribution is -2.51. The molecule has 0 aliphatic carbocycles. The maximum atomic E-state index is 13.5. The Balaban J connectivity index is 1.43. The zero-order valence-electron chi connectivity index (χ0n) is 15.9. The van der Waals surface area contributed by atoms with E-state index >= 15 is 0 Å². The summed E-state index contributed by atoms with van der Waals surface area (Å²) in [6.45, 7) is 2.96. The molecule has 2 unspecified atom stereocenters. The molecular formula is C24H26N2O. The van der Waals surface area contributed by atoms with E-state index in [1.807, 2.05) is 11.0 Å². The van der Waals surface area contributed by atoms with Gasteiger partial charge in [0.2, 0.25) is 0 Å². The van der Waals surface area contributed by atoms with Crippen molar-refractivity contribution in [1.82, 2.24) is 4.90 Å². The van der Waals surface area contributed by atoms with Gasteiger partial charge in [-0.3, -0.25) is 4.90 Å². The first kappa shape index (κ1) is 16.6. The third-order valence-corrected chi connectivity index (χ3v) is 6.38. The Morgan fingerprint density at radius 2 is 1.85 bits per heavy atom. The van der Waals surface area contributed by atoms with E-state index in [1.54, 1.807) is 0 Å². The molecule has 0 spiro atoms. The number of hydrogen-bond acceptors (Lipinski definition) is 1. The molecule has 5 rings (SSSR count). The van der Waals surface area contributed by atoms with Crippen LogP contribution in [0.4, 0.5) is 10.5 Å². The summed E-state index contributed by atoms with van der Waals surface area (Å²) in [6.07, 6.45) is 7.64. The number of para-hydroxylation sites is 1. The molecule has 3 heterocycles. The normalized spacial score (nSPS) is 23.8. The predicted octanol–water partition coefficient (Wildman–Crippen LogP) is 5.19. The van der Waals surface area contributed by atoms with E-state index in [1.165, 1.54) is 22.3 Å². The minimum absolute atomic E-state index is 0.203. The van der Waals surface area contributed by atoms with E-state index in [2.05, 4.69) is 60.4 Å². The van der Waals surface area contributed by atoms with Crippen LogP contribution in [0.25, 0.3) is 5.57 Å². The molecule has 0 aromatic heterocycles. The van der Waals surface area contributed by atoms with Crippen molar-refractivity contribution in [1.29, 1.82) is 0 Å². The first-order valence-corrected chi connectivity index (χ1v) is 10.2. The molecule has 0 radical (unpaired) electrons. The number of rotatable bonds is 1. The molecule has 2 amide bonds. The van der Waals surface area contributed by atoms with Crippen LogP contribution in [-0.4, -0.2) is 29.6 Å². The van der Waals surface area contributed by atoms with Gasteiger partial charge in [0, 0.05) is 18.3 Å². The van der Waals surface area contributed by atoms with Crippen molar-refractivity contribution in [2.75, 3.05) is 11.4 Å². The molecule has 1 saturated heterocycles. The molecule has 2 bridgehead atoms. The fourth-order valence-corrected chi connectivity index (χ4v) is 4.98. The van der Waals surface area contributed by atoms with Gasteiger partial charge in [-0.05, 0) is 61.8 Å². The molecule has 3 aliphatic rings. The average Bonchev–Trinajstić information content (AvgIpc) is 2.97.